The normalized spacial score (nSPS) is 16.0. The van der Waals surface area contributed by atoms with E-state index in [1.807, 2.05) is 13.0 Å². The van der Waals surface area contributed by atoms with Crippen molar-refractivity contribution < 1.29 is 9.53 Å². The number of hydrogen-bond donors (Lipinski definition) is 0. The third-order valence-electron chi connectivity index (χ3n) is 2.70. The van der Waals surface area contributed by atoms with E-state index in [4.69, 9.17) is 10.00 Å². The molecular formula is C12H12N2O2. The molecule has 1 aromatic rings. The first-order chi connectivity index (χ1) is 7.74. The highest BCUT2D eigenvalue weighted by Gasteiger charge is 2.22. The van der Waals surface area contributed by atoms with Crippen molar-refractivity contribution in [1.82, 2.24) is 0 Å². The van der Waals surface area contributed by atoms with E-state index in [0.29, 0.717) is 18.7 Å². The van der Waals surface area contributed by atoms with Crippen LogP contribution < -0.4 is 4.90 Å². The molecule has 1 saturated heterocycles. The standard InChI is InChI=1S/C12H12N2O2/c1-9-10(7-13)3-2-4-11(9)14-5-6-16-8-12(14)15/h2-4H,5-6,8H2,1H3. The Morgan fingerprint density at radius 1 is 1.50 bits per heavy atom. The maximum Gasteiger partial charge on any atom is 0.253 e. The van der Waals surface area contributed by atoms with E-state index in [0.717, 1.165) is 11.3 Å². The molecule has 0 spiro atoms. The maximum atomic E-state index is 11.7. The number of rotatable bonds is 1. The summed E-state index contributed by atoms with van der Waals surface area (Å²) in [5.74, 6) is -0.0514. The van der Waals surface area contributed by atoms with E-state index in [1.165, 1.54) is 0 Å². The first kappa shape index (κ1) is 10.7. The molecule has 0 N–H and O–H groups in total. The SMILES string of the molecule is Cc1c(C#N)cccc1N1CCOCC1=O. The number of carbonyl (C=O) groups is 1. The van der Waals surface area contributed by atoms with E-state index in [9.17, 15) is 4.79 Å². The number of nitrogens with zero attached hydrogens (tertiary/aromatic N) is 2. The average Bonchev–Trinajstić information content (AvgIpc) is 2.31. The van der Waals surface area contributed by atoms with Crippen LogP contribution in [0.5, 0.6) is 0 Å². The van der Waals surface area contributed by atoms with Gasteiger partial charge in [-0.1, -0.05) is 6.07 Å². The molecule has 1 aliphatic rings. The lowest BCUT2D eigenvalue weighted by molar-refractivity contribution is -0.125. The number of anilines is 1. The highest BCUT2D eigenvalue weighted by molar-refractivity contribution is 5.95. The monoisotopic (exact) mass is 216 g/mol. The Bertz CT molecular complexity index is 463. The minimum Gasteiger partial charge on any atom is -0.370 e. The van der Waals surface area contributed by atoms with Gasteiger partial charge in [-0.3, -0.25) is 4.79 Å². The number of morpholine rings is 1. The Hall–Kier alpha value is -1.86. The highest BCUT2D eigenvalue weighted by Crippen LogP contribution is 2.23. The summed E-state index contributed by atoms with van der Waals surface area (Å²) in [4.78, 5) is 13.3. The van der Waals surface area contributed by atoms with Crippen LogP contribution >= 0.6 is 0 Å². The quantitative estimate of drug-likeness (QED) is 0.709. The topological polar surface area (TPSA) is 53.3 Å². The third-order valence-corrected chi connectivity index (χ3v) is 2.70. The Labute approximate surface area is 94.0 Å². The summed E-state index contributed by atoms with van der Waals surface area (Å²) < 4.78 is 5.07. The molecule has 4 heteroatoms. The van der Waals surface area contributed by atoms with Crippen molar-refractivity contribution in [2.75, 3.05) is 24.7 Å². The second-order valence-electron chi connectivity index (χ2n) is 3.66. The van der Waals surface area contributed by atoms with E-state index >= 15 is 0 Å². The zero-order chi connectivity index (χ0) is 11.5. The van der Waals surface area contributed by atoms with Crippen LogP contribution in [-0.2, 0) is 9.53 Å². The number of benzene rings is 1. The van der Waals surface area contributed by atoms with Gasteiger partial charge in [0.15, 0.2) is 0 Å². The zero-order valence-corrected chi connectivity index (χ0v) is 9.06. The van der Waals surface area contributed by atoms with Crippen molar-refractivity contribution in [3.8, 4) is 6.07 Å². The molecule has 0 atom stereocenters. The van der Waals surface area contributed by atoms with E-state index in [2.05, 4.69) is 6.07 Å². The summed E-state index contributed by atoms with van der Waals surface area (Å²) in [7, 11) is 0. The van der Waals surface area contributed by atoms with Crippen LogP contribution in [0.25, 0.3) is 0 Å². The van der Waals surface area contributed by atoms with Gasteiger partial charge in [-0.25, -0.2) is 0 Å². The maximum absolute atomic E-state index is 11.7. The fourth-order valence-electron chi connectivity index (χ4n) is 1.81. The highest BCUT2D eigenvalue weighted by atomic mass is 16.5. The smallest absolute Gasteiger partial charge is 0.253 e. The van der Waals surface area contributed by atoms with Crippen LogP contribution in [0.1, 0.15) is 11.1 Å². The van der Waals surface area contributed by atoms with E-state index in [1.54, 1.807) is 17.0 Å². The van der Waals surface area contributed by atoms with Crippen molar-refractivity contribution in [2.45, 2.75) is 6.92 Å². The summed E-state index contributed by atoms with van der Waals surface area (Å²) in [5, 5.41) is 8.93. The Morgan fingerprint density at radius 2 is 2.31 bits per heavy atom. The molecule has 2 rings (SSSR count). The lowest BCUT2D eigenvalue weighted by Gasteiger charge is -2.28. The first-order valence-corrected chi connectivity index (χ1v) is 5.12. The second kappa shape index (κ2) is 4.33. The lowest BCUT2D eigenvalue weighted by Crippen LogP contribution is -2.42. The molecule has 16 heavy (non-hydrogen) atoms. The van der Waals surface area contributed by atoms with Crippen LogP contribution in [0.4, 0.5) is 5.69 Å². The van der Waals surface area contributed by atoms with Gasteiger partial charge in [-0.15, -0.1) is 0 Å². The number of carbonyl (C=O) groups excluding carboxylic acids is 1. The summed E-state index contributed by atoms with van der Waals surface area (Å²) in [6.45, 7) is 3.07. The molecule has 1 fully saturated rings. The van der Waals surface area contributed by atoms with Gasteiger partial charge in [0.25, 0.3) is 5.91 Å². The molecule has 0 bridgehead atoms. The van der Waals surface area contributed by atoms with Crippen molar-refractivity contribution >= 4 is 11.6 Å². The predicted octanol–water partition coefficient (Wildman–Crippen LogP) is 1.23. The largest absolute Gasteiger partial charge is 0.370 e. The third kappa shape index (κ3) is 1.77. The average molecular weight is 216 g/mol. The first-order valence-electron chi connectivity index (χ1n) is 5.12. The van der Waals surface area contributed by atoms with Crippen LogP contribution in [0, 0.1) is 18.3 Å². The molecule has 0 aromatic heterocycles. The van der Waals surface area contributed by atoms with Gasteiger partial charge in [0.1, 0.15) is 6.61 Å². The number of ether oxygens (including phenoxy) is 1. The molecule has 1 aliphatic heterocycles. The number of amides is 1. The van der Waals surface area contributed by atoms with Gasteiger partial charge in [-0.2, -0.15) is 5.26 Å². The molecule has 1 heterocycles. The van der Waals surface area contributed by atoms with Gasteiger partial charge in [0, 0.05) is 12.2 Å². The van der Waals surface area contributed by atoms with Crippen LogP contribution in [0.15, 0.2) is 18.2 Å². The van der Waals surface area contributed by atoms with Gasteiger partial charge < -0.3 is 9.64 Å². The Balaban J connectivity index is 2.40. The molecule has 4 nitrogen and oxygen atoms in total. The fraction of sp³-hybridized carbons (Fsp3) is 0.333. The molecular weight excluding hydrogens is 204 g/mol. The van der Waals surface area contributed by atoms with E-state index < -0.39 is 0 Å². The Morgan fingerprint density at radius 3 is 3.00 bits per heavy atom. The van der Waals surface area contributed by atoms with Crippen molar-refractivity contribution in [1.29, 1.82) is 5.26 Å². The molecule has 0 aliphatic carbocycles. The summed E-state index contributed by atoms with van der Waals surface area (Å²) in [6.07, 6.45) is 0. The van der Waals surface area contributed by atoms with Gasteiger partial charge in [0.2, 0.25) is 0 Å². The molecule has 82 valence electrons. The Kier molecular flexibility index (Phi) is 2.88. The molecule has 1 aromatic carbocycles. The van der Waals surface area contributed by atoms with Crippen molar-refractivity contribution in [3.05, 3.63) is 29.3 Å². The van der Waals surface area contributed by atoms with E-state index in [-0.39, 0.29) is 12.5 Å². The molecule has 1 amide bonds. The minimum atomic E-state index is -0.0514. The number of nitriles is 1. The minimum absolute atomic E-state index is 0.0514. The fourth-order valence-corrected chi connectivity index (χ4v) is 1.81. The second-order valence-corrected chi connectivity index (χ2v) is 3.66. The lowest BCUT2D eigenvalue weighted by atomic mass is 10.1. The van der Waals surface area contributed by atoms with Crippen molar-refractivity contribution in [3.63, 3.8) is 0 Å². The summed E-state index contributed by atoms with van der Waals surface area (Å²) >= 11 is 0. The molecule has 0 unspecified atom stereocenters. The van der Waals surface area contributed by atoms with Crippen molar-refractivity contribution in [2.24, 2.45) is 0 Å². The predicted molar refractivity (Wildman–Crippen MR) is 59.1 cm³/mol. The zero-order valence-electron chi connectivity index (χ0n) is 9.06. The van der Waals surface area contributed by atoms with Crippen LogP contribution in [0.3, 0.4) is 0 Å². The van der Waals surface area contributed by atoms with Gasteiger partial charge >= 0.3 is 0 Å². The molecule has 0 saturated carbocycles. The van der Waals surface area contributed by atoms with Crippen LogP contribution in [-0.4, -0.2) is 25.7 Å². The summed E-state index contributed by atoms with van der Waals surface area (Å²) in [5.41, 5.74) is 2.27. The van der Waals surface area contributed by atoms with Gasteiger partial charge in [-0.05, 0) is 24.6 Å². The molecule has 0 radical (unpaired) electrons. The van der Waals surface area contributed by atoms with Crippen LogP contribution in [0.2, 0.25) is 0 Å². The van der Waals surface area contributed by atoms with Gasteiger partial charge in [0.05, 0.1) is 18.2 Å². The summed E-state index contributed by atoms with van der Waals surface area (Å²) in [6, 6.07) is 7.53. The number of hydrogen-bond acceptors (Lipinski definition) is 3.